The number of aromatic hydroxyl groups is 1. The van der Waals surface area contributed by atoms with Crippen LogP contribution >= 0.6 is 11.6 Å². The highest BCUT2D eigenvalue weighted by atomic mass is 35.5. The molecule has 0 radical (unpaired) electrons. The predicted molar refractivity (Wildman–Crippen MR) is 103 cm³/mol. The van der Waals surface area contributed by atoms with Gasteiger partial charge in [0.1, 0.15) is 12.2 Å². The zero-order valence-electron chi connectivity index (χ0n) is 14.7. The summed E-state index contributed by atoms with van der Waals surface area (Å²) in [4.78, 5) is 37.5. The molecule has 28 heavy (non-hydrogen) atoms. The molecule has 0 unspecified atom stereocenters. The summed E-state index contributed by atoms with van der Waals surface area (Å²) >= 11 is 5.79. The van der Waals surface area contributed by atoms with Gasteiger partial charge in [-0.15, -0.1) is 0 Å². The monoisotopic (exact) mass is 401 g/mol. The molecular weight excluding hydrogens is 386 g/mol. The number of methoxy groups -OCH3 is 1. The number of rotatable bonds is 5. The molecule has 1 heterocycles. The summed E-state index contributed by atoms with van der Waals surface area (Å²) in [6.45, 7) is -0.441. The number of hydrogen-bond donors (Lipinski definition) is 3. The van der Waals surface area contributed by atoms with E-state index in [0.717, 1.165) is 4.90 Å². The molecule has 0 saturated carbocycles. The standard InChI is InChI=1S/C19H16ClN3O5/c1-28-16-9-11(2-7-15(16)24)8-14-18(26)23(19(27)22-14)10-17(25)21-13-5-3-12(20)4-6-13/h2-9,24H,10H2,1H3,(H,21,25)(H,22,27)/b14-8-. The van der Waals surface area contributed by atoms with Crippen molar-refractivity contribution in [1.82, 2.24) is 10.2 Å². The largest absolute Gasteiger partial charge is 0.504 e. The van der Waals surface area contributed by atoms with Crippen molar-refractivity contribution in [2.75, 3.05) is 19.0 Å². The molecule has 1 fully saturated rings. The fraction of sp³-hybridized carbons (Fsp3) is 0.105. The molecule has 1 aliphatic heterocycles. The van der Waals surface area contributed by atoms with Gasteiger partial charge >= 0.3 is 6.03 Å². The summed E-state index contributed by atoms with van der Waals surface area (Å²) in [6, 6.07) is 10.2. The van der Waals surface area contributed by atoms with Crippen molar-refractivity contribution in [3.8, 4) is 11.5 Å². The molecule has 0 bridgehead atoms. The van der Waals surface area contributed by atoms with Crippen molar-refractivity contribution >= 4 is 41.2 Å². The van der Waals surface area contributed by atoms with Crippen LogP contribution in [-0.2, 0) is 9.59 Å². The third-order valence-electron chi connectivity index (χ3n) is 3.91. The van der Waals surface area contributed by atoms with Crippen molar-refractivity contribution in [3.05, 3.63) is 58.7 Å². The van der Waals surface area contributed by atoms with Crippen molar-refractivity contribution in [3.63, 3.8) is 0 Å². The van der Waals surface area contributed by atoms with E-state index in [-0.39, 0.29) is 17.2 Å². The zero-order valence-corrected chi connectivity index (χ0v) is 15.5. The van der Waals surface area contributed by atoms with Crippen LogP contribution in [0.4, 0.5) is 10.5 Å². The minimum atomic E-state index is -0.701. The first-order valence-corrected chi connectivity index (χ1v) is 8.52. The number of anilines is 1. The Morgan fingerprint density at radius 3 is 2.64 bits per heavy atom. The van der Waals surface area contributed by atoms with Gasteiger partial charge in [0.15, 0.2) is 11.5 Å². The number of carbonyl (C=O) groups excluding carboxylic acids is 3. The van der Waals surface area contributed by atoms with Gasteiger partial charge in [-0.1, -0.05) is 17.7 Å². The quantitative estimate of drug-likeness (QED) is 0.527. The highest BCUT2D eigenvalue weighted by Gasteiger charge is 2.34. The van der Waals surface area contributed by atoms with E-state index in [2.05, 4.69) is 10.6 Å². The number of nitrogens with one attached hydrogen (secondary N) is 2. The number of halogens is 1. The first-order valence-electron chi connectivity index (χ1n) is 8.14. The van der Waals surface area contributed by atoms with E-state index in [4.69, 9.17) is 16.3 Å². The predicted octanol–water partition coefficient (Wildman–Crippen LogP) is 2.59. The minimum absolute atomic E-state index is 0.0111. The maximum atomic E-state index is 12.5. The molecule has 3 N–H and O–H groups in total. The van der Waals surface area contributed by atoms with Crippen molar-refractivity contribution in [2.45, 2.75) is 0 Å². The minimum Gasteiger partial charge on any atom is -0.504 e. The molecule has 0 atom stereocenters. The second kappa shape index (κ2) is 8.01. The Labute approximate surface area is 165 Å². The molecule has 4 amide bonds. The average molecular weight is 402 g/mol. The van der Waals surface area contributed by atoms with E-state index in [1.165, 1.54) is 25.3 Å². The maximum Gasteiger partial charge on any atom is 0.329 e. The topological polar surface area (TPSA) is 108 Å². The van der Waals surface area contributed by atoms with Crippen LogP contribution in [0.2, 0.25) is 5.02 Å². The van der Waals surface area contributed by atoms with Gasteiger partial charge in [-0.05, 0) is 48.0 Å². The van der Waals surface area contributed by atoms with Crippen LogP contribution in [-0.4, -0.2) is 41.5 Å². The number of nitrogens with zero attached hydrogens (tertiary/aromatic N) is 1. The molecule has 1 saturated heterocycles. The third kappa shape index (κ3) is 4.24. The summed E-state index contributed by atoms with van der Waals surface area (Å²) < 4.78 is 5.01. The van der Waals surface area contributed by atoms with Gasteiger partial charge in [-0.25, -0.2) is 9.69 Å². The molecule has 0 spiro atoms. The zero-order chi connectivity index (χ0) is 20.3. The lowest BCUT2D eigenvalue weighted by molar-refractivity contribution is -0.127. The van der Waals surface area contributed by atoms with Gasteiger partial charge in [0.05, 0.1) is 7.11 Å². The van der Waals surface area contributed by atoms with Crippen LogP contribution in [0.25, 0.3) is 6.08 Å². The van der Waals surface area contributed by atoms with Crippen molar-refractivity contribution in [2.24, 2.45) is 0 Å². The van der Waals surface area contributed by atoms with Crippen LogP contribution in [0.15, 0.2) is 48.2 Å². The van der Waals surface area contributed by atoms with E-state index in [1.54, 1.807) is 30.3 Å². The number of phenolic OH excluding ortho intramolecular Hbond substituents is 1. The summed E-state index contributed by atoms with van der Waals surface area (Å²) in [7, 11) is 1.40. The lowest BCUT2D eigenvalue weighted by Gasteiger charge is -2.12. The van der Waals surface area contributed by atoms with Gasteiger partial charge in [-0.2, -0.15) is 0 Å². The van der Waals surface area contributed by atoms with Gasteiger partial charge < -0.3 is 20.5 Å². The molecule has 0 aromatic heterocycles. The second-order valence-electron chi connectivity index (χ2n) is 5.87. The summed E-state index contributed by atoms with van der Waals surface area (Å²) in [5, 5.41) is 15.2. The highest BCUT2D eigenvalue weighted by molar-refractivity contribution is 6.30. The number of amides is 4. The van der Waals surface area contributed by atoms with Crippen LogP contribution in [0.1, 0.15) is 5.56 Å². The lowest BCUT2D eigenvalue weighted by Crippen LogP contribution is -2.38. The molecule has 3 rings (SSSR count). The summed E-state index contributed by atoms with van der Waals surface area (Å²) in [6.07, 6.45) is 1.43. The number of urea groups is 1. The maximum absolute atomic E-state index is 12.5. The molecule has 2 aromatic carbocycles. The average Bonchev–Trinajstić information content (AvgIpc) is 2.92. The number of phenols is 1. The molecule has 9 heteroatoms. The Bertz CT molecular complexity index is 972. The van der Waals surface area contributed by atoms with Gasteiger partial charge in [0, 0.05) is 10.7 Å². The first kappa shape index (κ1) is 19.2. The summed E-state index contributed by atoms with van der Waals surface area (Å²) in [5.41, 5.74) is 1.04. The molecule has 0 aliphatic carbocycles. The molecule has 2 aromatic rings. The molecule has 1 aliphatic rings. The Balaban J connectivity index is 1.70. The smallest absolute Gasteiger partial charge is 0.329 e. The fourth-order valence-electron chi connectivity index (χ4n) is 2.54. The van der Waals surface area contributed by atoms with E-state index in [9.17, 15) is 19.5 Å². The lowest BCUT2D eigenvalue weighted by atomic mass is 10.1. The van der Waals surface area contributed by atoms with Crippen molar-refractivity contribution in [1.29, 1.82) is 0 Å². The van der Waals surface area contributed by atoms with Gasteiger partial charge in [-0.3, -0.25) is 9.59 Å². The normalized spacial score (nSPS) is 14.9. The Hall–Kier alpha value is -3.52. The van der Waals surface area contributed by atoms with Gasteiger partial charge in [0.2, 0.25) is 5.91 Å². The number of hydrogen-bond acceptors (Lipinski definition) is 5. The third-order valence-corrected chi connectivity index (χ3v) is 4.16. The SMILES string of the molecule is COc1cc(/C=C2\NC(=O)N(CC(=O)Nc3ccc(Cl)cc3)C2=O)ccc1O. The van der Waals surface area contributed by atoms with Crippen molar-refractivity contribution < 1.29 is 24.2 Å². The Morgan fingerprint density at radius 1 is 1.25 bits per heavy atom. The van der Waals surface area contributed by atoms with E-state index >= 15 is 0 Å². The van der Waals surface area contributed by atoms with E-state index in [1.807, 2.05) is 0 Å². The van der Waals surface area contributed by atoms with Crippen LogP contribution in [0.3, 0.4) is 0 Å². The fourth-order valence-corrected chi connectivity index (χ4v) is 2.67. The second-order valence-corrected chi connectivity index (χ2v) is 6.30. The molecule has 144 valence electrons. The van der Waals surface area contributed by atoms with Crippen LogP contribution in [0, 0.1) is 0 Å². The van der Waals surface area contributed by atoms with E-state index in [0.29, 0.717) is 16.3 Å². The van der Waals surface area contributed by atoms with Crippen LogP contribution < -0.4 is 15.4 Å². The molecular formula is C19H16ClN3O5. The number of imide groups is 1. The molecule has 8 nitrogen and oxygen atoms in total. The van der Waals surface area contributed by atoms with Gasteiger partial charge in [0.25, 0.3) is 5.91 Å². The van der Waals surface area contributed by atoms with Crippen LogP contribution in [0.5, 0.6) is 11.5 Å². The number of benzene rings is 2. The Kier molecular flexibility index (Phi) is 5.51. The first-order chi connectivity index (χ1) is 13.4. The van der Waals surface area contributed by atoms with E-state index < -0.39 is 24.4 Å². The summed E-state index contributed by atoms with van der Waals surface area (Å²) in [5.74, 6) is -0.987. The number of carbonyl (C=O) groups is 3. The Morgan fingerprint density at radius 2 is 1.96 bits per heavy atom. The number of ether oxygens (including phenoxy) is 1. The highest BCUT2D eigenvalue weighted by Crippen LogP contribution is 2.27.